The Labute approximate surface area is 172 Å². The molecule has 3 aromatic rings. The van der Waals surface area contributed by atoms with Crippen LogP contribution in [0, 0.1) is 11.3 Å². The Morgan fingerprint density at radius 2 is 1.50 bits per heavy atom. The van der Waals surface area contributed by atoms with E-state index in [0.717, 1.165) is 0 Å². The summed E-state index contributed by atoms with van der Waals surface area (Å²) in [5.74, 6) is -0.616. The summed E-state index contributed by atoms with van der Waals surface area (Å²) in [7, 11) is 0. The Bertz CT molecular complexity index is 1240. The summed E-state index contributed by atoms with van der Waals surface area (Å²) in [6.07, 6.45) is -0.881. The van der Waals surface area contributed by atoms with Crippen molar-refractivity contribution in [1.29, 1.82) is 5.26 Å². The van der Waals surface area contributed by atoms with Gasteiger partial charge in [0.15, 0.2) is 17.7 Å². The van der Waals surface area contributed by atoms with Crippen LogP contribution < -0.4 is 10.1 Å². The molecule has 0 heterocycles. The molecule has 3 aromatic carbocycles. The molecular weight excluding hydrogens is 380 g/mol. The fourth-order valence-electron chi connectivity index (χ4n) is 3.33. The summed E-state index contributed by atoms with van der Waals surface area (Å²) >= 11 is 0. The first-order valence-corrected chi connectivity index (χ1v) is 9.28. The highest BCUT2D eigenvalue weighted by Crippen LogP contribution is 2.29. The molecule has 0 bridgehead atoms. The highest BCUT2D eigenvalue weighted by Gasteiger charge is 2.29. The van der Waals surface area contributed by atoms with E-state index >= 15 is 0 Å². The van der Waals surface area contributed by atoms with E-state index in [-0.39, 0.29) is 17.1 Å². The number of nitriles is 1. The third-order valence-corrected chi connectivity index (χ3v) is 4.87. The minimum Gasteiger partial charge on any atom is -0.480 e. The van der Waals surface area contributed by atoms with Gasteiger partial charge in [-0.05, 0) is 37.3 Å². The lowest BCUT2D eigenvalue weighted by Gasteiger charge is -2.19. The van der Waals surface area contributed by atoms with Crippen molar-refractivity contribution in [3.8, 4) is 11.8 Å². The van der Waals surface area contributed by atoms with Gasteiger partial charge in [-0.15, -0.1) is 0 Å². The molecule has 0 fully saturated rings. The van der Waals surface area contributed by atoms with Crippen LogP contribution >= 0.6 is 0 Å². The van der Waals surface area contributed by atoms with Gasteiger partial charge in [0.25, 0.3) is 5.91 Å². The van der Waals surface area contributed by atoms with Crippen LogP contribution in [0.25, 0.3) is 0 Å². The van der Waals surface area contributed by atoms with Crippen LogP contribution in [0.3, 0.4) is 0 Å². The number of anilines is 1. The summed E-state index contributed by atoms with van der Waals surface area (Å²) in [4.78, 5) is 38.0. The predicted octanol–water partition coefficient (Wildman–Crippen LogP) is 3.74. The summed E-state index contributed by atoms with van der Waals surface area (Å²) in [6, 6.07) is 19.9. The van der Waals surface area contributed by atoms with Crippen molar-refractivity contribution in [3.05, 3.63) is 94.5 Å². The topological polar surface area (TPSA) is 96.3 Å². The van der Waals surface area contributed by atoms with Crippen LogP contribution in [0.2, 0.25) is 0 Å². The Morgan fingerprint density at radius 1 is 0.900 bits per heavy atom. The van der Waals surface area contributed by atoms with E-state index in [9.17, 15) is 14.4 Å². The van der Waals surface area contributed by atoms with Crippen molar-refractivity contribution < 1.29 is 19.1 Å². The van der Waals surface area contributed by atoms with Gasteiger partial charge in [-0.1, -0.05) is 36.4 Å². The second kappa shape index (κ2) is 7.64. The van der Waals surface area contributed by atoms with Gasteiger partial charge in [0, 0.05) is 27.9 Å². The van der Waals surface area contributed by atoms with Gasteiger partial charge in [0.1, 0.15) is 11.8 Å². The summed E-state index contributed by atoms with van der Waals surface area (Å²) in [6.45, 7) is 1.56. The molecule has 0 saturated carbocycles. The fourth-order valence-corrected chi connectivity index (χ4v) is 3.33. The van der Waals surface area contributed by atoms with Crippen molar-refractivity contribution in [1.82, 2.24) is 0 Å². The maximum absolute atomic E-state index is 12.8. The van der Waals surface area contributed by atoms with E-state index in [1.54, 1.807) is 61.5 Å². The highest BCUT2D eigenvalue weighted by molar-refractivity contribution is 6.28. The van der Waals surface area contributed by atoms with Crippen LogP contribution in [0.15, 0.2) is 66.7 Å². The Kier molecular flexibility index (Phi) is 4.87. The number of benzene rings is 3. The number of amides is 1. The van der Waals surface area contributed by atoms with Crippen LogP contribution in [0.5, 0.6) is 5.75 Å². The van der Waals surface area contributed by atoms with Crippen molar-refractivity contribution >= 4 is 23.2 Å². The molecule has 0 aromatic heterocycles. The second-order valence-corrected chi connectivity index (χ2v) is 6.82. The highest BCUT2D eigenvalue weighted by atomic mass is 16.5. The quantitative estimate of drug-likeness (QED) is 0.567. The van der Waals surface area contributed by atoms with Gasteiger partial charge in [-0.25, -0.2) is 0 Å². The molecule has 0 aliphatic heterocycles. The molecule has 0 unspecified atom stereocenters. The Balaban J connectivity index is 1.55. The first-order valence-electron chi connectivity index (χ1n) is 9.28. The number of fused-ring (bicyclic) bond motifs is 2. The van der Waals surface area contributed by atoms with Crippen LogP contribution in [-0.4, -0.2) is 23.6 Å². The van der Waals surface area contributed by atoms with Gasteiger partial charge in [-0.2, -0.15) is 5.26 Å². The number of para-hydroxylation sites is 1. The average Bonchev–Trinajstić information content (AvgIpc) is 2.77. The molecule has 146 valence electrons. The Morgan fingerprint density at radius 3 is 2.20 bits per heavy atom. The number of hydrogen-bond acceptors (Lipinski definition) is 5. The molecule has 1 atom stereocenters. The SMILES string of the molecule is C[C@H](Oc1ccccc1C#N)C(=O)Nc1ccc2c(c1)C(=O)c1ccccc1C2=O. The molecule has 30 heavy (non-hydrogen) atoms. The molecule has 6 heteroatoms. The van der Waals surface area contributed by atoms with Gasteiger partial charge >= 0.3 is 0 Å². The van der Waals surface area contributed by atoms with E-state index in [0.29, 0.717) is 33.7 Å². The second-order valence-electron chi connectivity index (χ2n) is 6.82. The molecule has 1 aliphatic rings. The number of nitrogens with one attached hydrogen (secondary N) is 1. The van der Waals surface area contributed by atoms with Gasteiger partial charge in [0.2, 0.25) is 0 Å². The lowest BCUT2D eigenvalue weighted by molar-refractivity contribution is -0.122. The minimum atomic E-state index is -0.881. The maximum Gasteiger partial charge on any atom is 0.265 e. The summed E-state index contributed by atoms with van der Waals surface area (Å²) in [5, 5.41) is 11.8. The summed E-state index contributed by atoms with van der Waals surface area (Å²) in [5.41, 5.74) is 1.99. The molecule has 1 aliphatic carbocycles. The van der Waals surface area contributed by atoms with Crippen molar-refractivity contribution in [2.45, 2.75) is 13.0 Å². The third kappa shape index (κ3) is 3.33. The standard InChI is InChI=1S/C24H16N2O4/c1-14(30-21-9-5-2-6-15(21)13-25)24(29)26-16-10-11-19-20(12-16)23(28)18-8-4-3-7-17(18)22(19)27/h2-12,14H,1H3,(H,26,29)/t14-/m0/s1. The number of ether oxygens (including phenoxy) is 1. The smallest absolute Gasteiger partial charge is 0.265 e. The van der Waals surface area contributed by atoms with Crippen LogP contribution in [0.1, 0.15) is 44.3 Å². The number of rotatable bonds is 4. The monoisotopic (exact) mass is 396 g/mol. The van der Waals surface area contributed by atoms with Crippen molar-refractivity contribution in [3.63, 3.8) is 0 Å². The van der Waals surface area contributed by atoms with Gasteiger partial charge in [0.05, 0.1) is 5.56 Å². The molecule has 6 nitrogen and oxygen atoms in total. The average molecular weight is 396 g/mol. The van der Waals surface area contributed by atoms with Gasteiger partial charge < -0.3 is 10.1 Å². The number of carbonyl (C=O) groups is 3. The van der Waals surface area contributed by atoms with E-state index in [4.69, 9.17) is 10.00 Å². The zero-order valence-corrected chi connectivity index (χ0v) is 16.0. The number of nitrogens with zero attached hydrogens (tertiary/aromatic N) is 1. The van der Waals surface area contributed by atoms with E-state index < -0.39 is 12.0 Å². The van der Waals surface area contributed by atoms with Crippen LogP contribution in [-0.2, 0) is 4.79 Å². The maximum atomic E-state index is 12.8. The molecule has 4 rings (SSSR count). The summed E-state index contributed by atoms with van der Waals surface area (Å²) < 4.78 is 5.61. The molecule has 1 amide bonds. The lowest BCUT2D eigenvalue weighted by atomic mass is 9.84. The first kappa shape index (κ1) is 19.1. The number of ketones is 2. The first-order chi connectivity index (χ1) is 14.5. The van der Waals surface area contributed by atoms with Crippen LogP contribution in [0.4, 0.5) is 5.69 Å². The van der Waals surface area contributed by atoms with E-state index in [2.05, 4.69) is 5.32 Å². The molecule has 0 saturated heterocycles. The number of carbonyl (C=O) groups excluding carboxylic acids is 3. The minimum absolute atomic E-state index is 0.220. The van der Waals surface area contributed by atoms with E-state index in [1.807, 2.05) is 6.07 Å². The lowest BCUT2D eigenvalue weighted by Crippen LogP contribution is -2.30. The zero-order valence-electron chi connectivity index (χ0n) is 16.0. The number of hydrogen-bond donors (Lipinski definition) is 1. The predicted molar refractivity (Wildman–Crippen MR) is 110 cm³/mol. The van der Waals surface area contributed by atoms with E-state index in [1.165, 1.54) is 12.1 Å². The largest absolute Gasteiger partial charge is 0.480 e. The zero-order chi connectivity index (χ0) is 21.3. The normalized spacial score (nSPS) is 12.9. The van der Waals surface area contributed by atoms with Gasteiger partial charge in [-0.3, -0.25) is 14.4 Å². The third-order valence-electron chi connectivity index (χ3n) is 4.87. The Hall–Kier alpha value is -4.24. The molecule has 0 radical (unpaired) electrons. The van der Waals surface area contributed by atoms with Crippen molar-refractivity contribution in [2.24, 2.45) is 0 Å². The molecule has 1 N–H and O–H groups in total. The fraction of sp³-hybridized carbons (Fsp3) is 0.0833. The van der Waals surface area contributed by atoms with Crippen molar-refractivity contribution in [2.75, 3.05) is 5.32 Å². The molecule has 0 spiro atoms. The molecular formula is C24H16N2O4.